The molecule has 0 radical (unpaired) electrons. The Kier molecular flexibility index (Phi) is 5.49. The first-order valence-electron chi connectivity index (χ1n) is 7.74. The monoisotopic (exact) mass is 389 g/mol. The van der Waals surface area contributed by atoms with Gasteiger partial charge in [0.05, 0.1) is 29.6 Å². The molecular formula is C18H16ClN3O3S. The van der Waals surface area contributed by atoms with Crippen molar-refractivity contribution >= 4 is 51.9 Å². The van der Waals surface area contributed by atoms with Crippen molar-refractivity contribution < 1.29 is 14.3 Å². The lowest BCUT2D eigenvalue weighted by Gasteiger charge is -2.10. The Balaban J connectivity index is 1.76. The molecule has 6 nitrogen and oxygen atoms in total. The van der Waals surface area contributed by atoms with E-state index in [1.54, 1.807) is 18.2 Å². The van der Waals surface area contributed by atoms with Gasteiger partial charge in [-0.15, -0.1) is 0 Å². The zero-order valence-electron chi connectivity index (χ0n) is 14.2. The third-order valence-electron chi connectivity index (χ3n) is 3.61. The molecule has 0 atom stereocenters. The van der Waals surface area contributed by atoms with E-state index in [-0.39, 0.29) is 17.6 Å². The van der Waals surface area contributed by atoms with Gasteiger partial charge in [-0.05, 0) is 30.3 Å². The number of anilines is 1. The van der Waals surface area contributed by atoms with E-state index in [9.17, 15) is 9.59 Å². The van der Waals surface area contributed by atoms with E-state index in [4.69, 9.17) is 16.3 Å². The van der Waals surface area contributed by atoms with Gasteiger partial charge < -0.3 is 10.1 Å². The van der Waals surface area contributed by atoms with E-state index in [2.05, 4.69) is 10.3 Å². The van der Waals surface area contributed by atoms with Gasteiger partial charge in [0.2, 0.25) is 11.8 Å². The molecule has 8 heteroatoms. The molecule has 0 saturated heterocycles. The first-order valence-corrected chi connectivity index (χ1v) is 9.10. The van der Waals surface area contributed by atoms with Crippen LogP contribution in [0.4, 0.5) is 5.69 Å². The molecule has 1 N–H and O–H groups in total. The number of nitrogens with one attached hydrogen (secondary N) is 1. The fraction of sp³-hybridized carbons (Fsp3) is 0.167. The maximum atomic E-state index is 12.3. The Morgan fingerprint density at radius 1 is 1.27 bits per heavy atom. The number of nitrogens with zero attached hydrogens (tertiary/aromatic N) is 2. The van der Waals surface area contributed by atoms with Crippen LogP contribution in [0.3, 0.4) is 0 Å². The Labute approximate surface area is 159 Å². The van der Waals surface area contributed by atoms with Crippen LogP contribution in [0.1, 0.15) is 11.7 Å². The Morgan fingerprint density at radius 2 is 2.04 bits per heavy atom. The van der Waals surface area contributed by atoms with Crippen molar-refractivity contribution in [2.24, 2.45) is 0 Å². The van der Waals surface area contributed by atoms with Gasteiger partial charge in [0.25, 0.3) is 0 Å². The molecule has 1 amide bonds. The van der Waals surface area contributed by atoms with Crippen molar-refractivity contribution in [3.05, 3.63) is 47.5 Å². The predicted octanol–water partition coefficient (Wildman–Crippen LogP) is 4.09. The van der Waals surface area contributed by atoms with Crippen LogP contribution in [-0.2, 0) is 4.79 Å². The van der Waals surface area contributed by atoms with Gasteiger partial charge in [-0.3, -0.25) is 14.2 Å². The number of benzene rings is 2. The van der Waals surface area contributed by atoms with E-state index < -0.39 is 0 Å². The van der Waals surface area contributed by atoms with Gasteiger partial charge in [-0.1, -0.05) is 35.5 Å². The highest BCUT2D eigenvalue weighted by Crippen LogP contribution is 2.28. The molecule has 1 heterocycles. The SMILES string of the molecule is COc1ccc(Cl)cc1NC(=O)CSc1nc2ccccc2n1C(C)=O. The molecule has 2 aromatic carbocycles. The molecule has 0 saturated carbocycles. The second-order valence-corrected chi connectivity index (χ2v) is 6.80. The lowest BCUT2D eigenvalue weighted by molar-refractivity contribution is -0.113. The molecule has 0 unspecified atom stereocenters. The van der Waals surface area contributed by atoms with E-state index in [0.717, 1.165) is 5.52 Å². The van der Waals surface area contributed by atoms with Crippen LogP contribution >= 0.6 is 23.4 Å². The van der Waals surface area contributed by atoms with Gasteiger partial charge in [0.15, 0.2) is 5.16 Å². The number of para-hydroxylation sites is 2. The quantitative estimate of drug-likeness (QED) is 0.665. The molecule has 3 aromatic rings. The number of rotatable bonds is 5. The number of aromatic nitrogens is 2. The first-order chi connectivity index (χ1) is 12.5. The molecule has 1 aromatic heterocycles. The first kappa shape index (κ1) is 18.3. The number of fused-ring (bicyclic) bond motifs is 1. The largest absolute Gasteiger partial charge is 0.495 e. The van der Waals surface area contributed by atoms with E-state index >= 15 is 0 Å². The van der Waals surface area contributed by atoms with E-state index in [1.165, 1.54) is 30.4 Å². The fourth-order valence-corrected chi connectivity index (χ4v) is 3.52. The summed E-state index contributed by atoms with van der Waals surface area (Å²) >= 11 is 7.16. The number of methoxy groups -OCH3 is 1. The maximum Gasteiger partial charge on any atom is 0.234 e. The summed E-state index contributed by atoms with van der Waals surface area (Å²) in [7, 11) is 1.52. The zero-order chi connectivity index (χ0) is 18.7. The smallest absolute Gasteiger partial charge is 0.234 e. The summed E-state index contributed by atoms with van der Waals surface area (Å²) in [5.74, 6) is 0.200. The molecule has 26 heavy (non-hydrogen) atoms. The second-order valence-electron chi connectivity index (χ2n) is 5.42. The predicted molar refractivity (Wildman–Crippen MR) is 103 cm³/mol. The summed E-state index contributed by atoms with van der Waals surface area (Å²) in [6.45, 7) is 1.47. The summed E-state index contributed by atoms with van der Waals surface area (Å²) in [5.41, 5.74) is 1.92. The van der Waals surface area contributed by atoms with Crippen LogP contribution in [0, 0.1) is 0 Å². The van der Waals surface area contributed by atoms with Crippen molar-refractivity contribution in [1.82, 2.24) is 9.55 Å². The highest BCUT2D eigenvalue weighted by atomic mass is 35.5. The lowest BCUT2D eigenvalue weighted by Crippen LogP contribution is -2.16. The summed E-state index contributed by atoms with van der Waals surface area (Å²) < 4.78 is 6.72. The average Bonchev–Trinajstić information content (AvgIpc) is 2.99. The minimum atomic E-state index is -0.252. The van der Waals surface area contributed by atoms with Gasteiger partial charge in [-0.2, -0.15) is 0 Å². The van der Waals surface area contributed by atoms with Crippen LogP contribution in [-0.4, -0.2) is 34.2 Å². The van der Waals surface area contributed by atoms with Gasteiger partial charge in [0.1, 0.15) is 5.75 Å². The molecule has 0 aliphatic heterocycles. The van der Waals surface area contributed by atoms with Crippen LogP contribution in [0.15, 0.2) is 47.6 Å². The number of hydrogen-bond donors (Lipinski definition) is 1. The molecular weight excluding hydrogens is 374 g/mol. The van der Waals surface area contributed by atoms with Gasteiger partial charge in [0, 0.05) is 11.9 Å². The number of halogens is 1. The topological polar surface area (TPSA) is 73.2 Å². The molecule has 134 valence electrons. The zero-order valence-corrected chi connectivity index (χ0v) is 15.7. The standard InChI is InChI=1S/C18H16ClN3O3S/c1-11(23)22-15-6-4-3-5-13(15)21-18(22)26-10-17(24)20-14-9-12(19)7-8-16(14)25-2/h3-9H,10H2,1-2H3,(H,20,24). The number of hydrogen-bond acceptors (Lipinski definition) is 5. The molecule has 0 fully saturated rings. The summed E-state index contributed by atoms with van der Waals surface area (Å²) in [6, 6.07) is 12.3. The Bertz CT molecular complexity index is 987. The number of imidazole rings is 1. The Morgan fingerprint density at radius 3 is 2.77 bits per heavy atom. The van der Waals surface area contributed by atoms with Crippen LogP contribution in [0.2, 0.25) is 5.02 Å². The van der Waals surface area contributed by atoms with Crippen molar-refractivity contribution in [1.29, 1.82) is 0 Å². The minimum Gasteiger partial charge on any atom is -0.495 e. The third kappa shape index (κ3) is 3.84. The van der Waals surface area contributed by atoms with E-state index in [0.29, 0.717) is 27.1 Å². The lowest BCUT2D eigenvalue weighted by atomic mass is 10.3. The number of thioether (sulfide) groups is 1. The molecule has 3 rings (SSSR count). The minimum absolute atomic E-state index is 0.0896. The highest BCUT2D eigenvalue weighted by Gasteiger charge is 2.16. The van der Waals surface area contributed by atoms with E-state index in [1.807, 2.05) is 24.3 Å². The fourth-order valence-electron chi connectivity index (χ4n) is 2.50. The third-order valence-corrected chi connectivity index (χ3v) is 4.79. The van der Waals surface area contributed by atoms with Crippen LogP contribution < -0.4 is 10.1 Å². The maximum absolute atomic E-state index is 12.3. The van der Waals surface area contributed by atoms with Crippen molar-refractivity contribution in [2.45, 2.75) is 12.1 Å². The molecule has 0 aliphatic carbocycles. The number of amides is 1. The van der Waals surface area contributed by atoms with Crippen molar-refractivity contribution in [3.63, 3.8) is 0 Å². The number of carbonyl (C=O) groups is 2. The Hall–Kier alpha value is -2.51. The second kappa shape index (κ2) is 7.80. The number of carbonyl (C=O) groups excluding carboxylic acids is 2. The van der Waals surface area contributed by atoms with Crippen LogP contribution in [0.5, 0.6) is 5.75 Å². The van der Waals surface area contributed by atoms with Crippen molar-refractivity contribution in [2.75, 3.05) is 18.2 Å². The number of ether oxygens (including phenoxy) is 1. The normalized spacial score (nSPS) is 10.7. The summed E-state index contributed by atoms with van der Waals surface area (Å²) in [5, 5.41) is 3.74. The van der Waals surface area contributed by atoms with Crippen LogP contribution in [0.25, 0.3) is 11.0 Å². The summed E-state index contributed by atoms with van der Waals surface area (Å²) in [4.78, 5) is 28.7. The van der Waals surface area contributed by atoms with Crippen molar-refractivity contribution in [3.8, 4) is 5.75 Å². The summed E-state index contributed by atoms with van der Waals surface area (Å²) in [6.07, 6.45) is 0. The molecule has 0 spiro atoms. The van der Waals surface area contributed by atoms with Gasteiger partial charge in [-0.25, -0.2) is 4.98 Å². The molecule has 0 bridgehead atoms. The average molecular weight is 390 g/mol. The molecule has 0 aliphatic rings. The highest BCUT2D eigenvalue weighted by molar-refractivity contribution is 7.99. The van der Waals surface area contributed by atoms with Gasteiger partial charge >= 0.3 is 0 Å².